The molecule has 102 valence electrons. The van der Waals surface area contributed by atoms with Crippen molar-refractivity contribution in [1.82, 2.24) is 14.7 Å². The highest BCUT2D eigenvalue weighted by atomic mass is 79.9. The van der Waals surface area contributed by atoms with Gasteiger partial charge in [0.2, 0.25) is 10.0 Å². The smallest absolute Gasteiger partial charge is 0.242 e. The van der Waals surface area contributed by atoms with Crippen molar-refractivity contribution in [2.75, 3.05) is 5.73 Å². The average molecular weight is 366 g/mol. The molecule has 0 aliphatic heterocycles. The number of aromatic nitrogens is 2. The van der Waals surface area contributed by atoms with Gasteiger partial charge in [-0.15, -0.1) is 0 Å². The minimum atomic E-state index is -3.72. The number of sulfonamides is 1. The van der Waals surface area contributed by atoms with Crippen molar-refractivity contribution in [3.8, 4) is 0 Å². The summed E-state index contributed by atoms with van der Waals surface area (Å²) < 4.78 is 27.0. The third-order valence-corrected chi connectivity index (χ3v) is 5.12. The van der Waals surface area contributed by atoms with Gasteiger partial charge >= 0.3 is 0 Å². The maximum absolute atomic E-state index is 12.2. The molecule has 0 spiro atoms. The first-order valence-corrected chi connectivity index (χ1v) is 7.77. The molecule has 0 saturated carbocycles. The van der Waals surface area contributed by atoms with E-state index in [0.29, 0.717) is 5.69 Å². The van der Waals surface area contributed by atoms with Gasteiger partial charge in [0, 0.05) is 22.6 Å². The number of rotatable bonds is 4. The molecule has 9 heteroatoms. The summed E-state index contributed by atoms with van der Waals surface area (Å²) in [6.07, 6.45) is 3.00. The van der Waals surface area contributed by atoms with Gasteiger partial charge in [-0.05, 0) is 28.1 Å². The summed E-state index contributed by atoms with van der Waals surface area (Å²) in [6, 6.07) is 2.80. The second-order valence-electron chi connectivity index (χ2n) is 3.71. The topological polar surface area (TPSA) is 101 Å². The van der Waals surface area contributed by atoms with E-state index in [-0.39, 0.29) is 26.6 Å². The minimum absolute atomic E-state index is 0.00276. The lowest BCUT2D eigenvalue weighted by atomic mass is 10.3. The Morgan fingerprint density at radius 3 is 2.84 bits per heavy atom. The number of imidazole rings is 1. The van der Waals surface area contributed by atoms with Gasteiger partial charge in [-0.1, -0.05) is 11.6 Å². The molecule has 1 aromatic carbocycles. The summed E-state index contributed by atoms with van der Waals surface area (Å²) in [5.74, 6) is 0. The highest BCUT2D eigenvalue weighted by molar-refractivity contribution is 9.10. The number of nitrogen functional groups attached to an aromatic ring is 1. The van der Waals surface area contributed by atoms with Crippen LogP contribution in [-0.4, -0.2) is 18.4 Å². The molecule has 1 aromatic heterocycles. The van der Waals surface area contributed by atoms with Gasteiger partial charge in [0.05, 0.1) is 22.2 Å². The maximum atomic E-state index is 12.2. The van der Waals surface area contributed by atoms with Crippen LogP contribution in [0, 0.1) is 0 Å². The van der Waals surface area contributed by atoms with E-state index in [1.54, 1.807) is 0 Å². The van der Waals surface area contributed by atoms with E-state index in [4.69, 9.17) is 17.3 Å². The Labute approximate surface area is 123 Å². The predicted octanol–water partition coefficient (Wildman–Crippen LogP) is 1.89. The highest BCUT2D eigenvalue weighted by Crippen LogP contribution is 2.31. The molecule has 19 heavy (non-hydrogen) atoms. The van der Waals surface area contributed by atoms with E-state index < -0.39 is 10.0 Å². The molecule has 0 fully saturated rings. The van der Waals surface area contributed by atoms with E-state index in [1.165, 1.54) is 24.7 Å². The van der Waals surface area contributed by atoms with Crippen LogP contribution in [0.2, 0.25) is 5.02 Å². The molecule has 0 amide bonds. The molecule has 2 rings (SSSR count). The summed E-state index contributed by atoms with van der Waals surface area (Å²) in [5, 5.41) is 0.252. The number of hydrogen-bond donors (Lipinski definition) is 3. The van der Waals surface area contributed by atoms with Gasteiger partial charge < -0.3 is 10.7 Å². The Kier molecular flexibility index (Phi) is 4.14. The SMILES string of the molecule is Nc1cc(Cl)cc(S(=O)(=O)NCc2cnc[nH]2)c1Br. The number of nitrogens with two attached hydrogens (primary N) is 1. The van der Waals surface area contributed by atoms with E-state index in [2.05, 4.69) is 30.6 Å². The molecule has 0 aliphatic rings. The van der Waals surface area contributed by atoms with Crippen molar-refractivity contribution in [2.45, 2.75) is 11.4 Å². The number of H-pyrrole nitrogens is 1. The molecule has 0 radical (unpaired) electrons. The van der Waals surface area contributed by atoms with Gasteiger partial charge in [-0.3, -0.25) is 0 Å². The third-order valence-electron chi connectivity index (χ3n) is 2.33. The number of hydrogen-bond acceptors (Lipinski definition) is 4. The molecule has 0 saturated heterocycles. The Balaban J connectivity index is 2.29. The van der Waals surface area contributed by atoms with Gasteiger partial charge in [-0.2, -0.15) is 0 Å². The first-order valence-electron chi connectivity index (χ1n) is 5.11. The fraction of sp³-hybridized carbons (Fsp3) is 0.100. The second-order valence-corrected chi connectivity index (χ2v) is 6.67. The highest BCUT2D eigenvalue weighted by Gasteiger charge is 2.20. The van der Waals surface area contributed by atoms with Crippen molar-refractivity contribution >= 4 is 43.2 Å². The van der Waals surface area contributed by atoms with Crippen LogP contribution < -0.4 is 10.5 Å². The summed E-state index contributed by atoms with van der Waals surface area (Å²) in [5.41, 5.74) is 6.58. The molecule has 4 N–H and O–H groups in total. The Morgan fingerprint density at radius 2 is 2.21 bits per heavy atom. The van der Waals surface area contributed by atoms with Crippen LogP contribution in [0.15, 0.2) is 34.0 Å². The van der Waals surface area contributed by atoms with Gasteiger partial charge in [0.15, 0.2) is 0 Å². The number of benzene rings is 1. The standard InChI is InChI=1S/C10H10BrClN4O2S/c11-10-8(13)1-6(12)2-9(10)19(17,18)16-4-7-3-14-5-15-7/h1-3,5,16H,4,13H2,(H,14,15). The first kappa shape index (κ1) is 14.3. The fourth-order valence-corrected chi connectivity index (χ4v) is 3.71. The first-order chi connectivity index (χ1) is 8.90. The van der Waals surface area contributed by atoms with Crippen LogP contribution in [0.4, 0.5) is 5.69 Å². The van der Waals surface area contributed by atoms with Gasteiger partial charge in [0.1, 0.15) is 0 Å². The number of anilines is 1. The molecular formula is C10H10BrClN4O2S. The molecule has 0 bridgehead atoms. The number of aromatic amines is 1. The molecule has 0 aliphatic carbocycles. The third kappa shape index (κ3) is 3.27. The zero-order chi connectivity index (χ0) is 14.0. The van der Waals surface area contributed by atoms with Crippen molar-refractivity contribution in [2.24, 2.45) is 0 Å². The summed E-state index contributed by atoms with van der Waals surface area (Å²) >= 11 is 8.96. The summed E-state index contributed by atoms with van der Waals surface area (Å²) in [6.45, 7) is 0.0984. The van der Waals surface area contributed by atoms with Crippen molar-refractivity contribution in [3.05, 3.63) is 39.8 Å². The Hall–Kier alpha value is -1.09. The monoisotopic (exact) mass is 364 g/mol. The normalized spacial score (nSPS) is 11.7. The van der Waals surface area contributed by atoms with Crippen LogP contribution in [0.1, 0.15) is 5.69 Å². The number of nitrogens with one attached hydrogen (secondary N) is 2. The summed E-state index contributed by atoms with van der Waals surface area (Å²) in [7, 11) is -3.72. The Morgan fingerprint density at radius 1 is 1.47 bits per heavy atom. The quantitative estimate of drug-likeness (QED) is 0.720. The fourth-order valence-electron chi connectivity index (χ4n) is 1.41. The lowest BCUT2D eigenvalue weighted by Gasteiger charge is -2.10. The van der Waals surface area contributed by atoms with Crippen LogP contribution >= 0.6 is 27.5 Å². The number of halogens is 2. The van der Waals surface area contributed by atoms with E-state index >= 15 is 0 Å². The van der Waals surface area contributed by atoms with Gasteiger partial charge in [-0.25, -0.2) is 18.1 Å². The van der Waals surface area contributed by atoms with Crippen LogP contribution in [0.3, 0.4) is 0 Å². The maximum Gasteiger partial charge on any atom is 0.242 e. The lowest BCUT2D eigenvalue weighted by molar-refractivity contribution is 0.580. The zero-order valence-electron chi connectivity index (χ0n) is 9.52. The molecule has 0 unspecified atom stereocenters. The predicted molar refractivity (Wildman–Crippen MR) is 76.2 cm³/mol. The average Bonchev–Trinajstić information content (AvgIpc) is 2.84. The lowest BCUT2D eigenvalue weighted by Crippen LogP contribution is -2.24. The largest absolute Gasteiger partial charge is 0.398 e. The van der Waals surface area contributed by atoms with Crippen molar-refractivity contribution in [1.29, 1.82) is 0 Å². The molecule has 2 aromatic rings. The number of nitrogens with zero attached hydrogens (tertiary/aromatic N) is 1. The molecule has 0 atom stereocenters. The van der Waals surface area contributed by atoms with E-state index in [1.807, 2.05) is 0 Å². The molecule has 6 nitrogen and oxygen atoms in total. The van der Waals surface area contributed by atoms with Crippen LogP contribution in [-0.2, 0) is 16.6 Å². The van der Waals surface area contributed by atoms with Gasteiger partial charge in [0.25, 0.3) is 0 Å². The van der Waals surface area contributed by atoms with E-state index in [9.17, 15) is 8.42 Å². The van der Waals surface area contributed by atoms with Crippen LogP contribution in [0.25, 0.3) is 0 Å². The van der Waals surface area contributed by atoms with Crippen molar-refractivity contribution in [3.63, 3.8) is 0 Å². The zero-order valence-corrected chi connectivity index (χ0v) is 12.7. The van der Waals surface area contributed by atoms with Crippen LogP contribution in [0.5, 0.6) is 0 Å². The molecular weight excluding hydrogens is 356 g/mol. The van der Waals surface area contributed by atoms with Crippen molar-refractivity contribution < 1.29 is 8.42 Å². The summed E-state index contributed by atoms with van der Waals surface area (Å²) in [4.78, 5) is 6.60. The molecule has 1 heterocycles. The van der Waals surface area contributed by atoms with E-state index in [0.717, 1.165) is 0 Å². The second kappa shape index (κ2) is 5.49. The Bertz CT molecular complexity index is 688. The minimum Gasteiger partial charge on any atom is -0.398 e.